The minimum absolute atomic E-state index is 0.379. The van der Waals surface area contributed by atoms with E-state index in [-0.39, 0.29) is 0 Å². The maximum atomic E-state index is 5.22. The second kappa shape index (κ2) is 3.86. The molecular formula is C10H10N2O2S. The van der Waals surface area contributed by atoms with Crippen LogP contribution in [0, 0.1) is 4.77 Å². The van der Waals surface area contributed by atoms with E-state index in [0.717, 1.165) is 16.7 Å². The van der Waals surface area contributed by atoms with Gasteiger partial charge in [-0.1, -0.05) is 6.07 Å². The lowest BCUT2D eigenvalue weighted by Gasteiger charge is -2.07. The SMILES string of the molecule is COc1nc(=S)[nH]c2c(OC)cccc12. The monoisotopic (exact) mass is 222 g/mol. The molecule has 0 aliphatic heterocycles. The van der Waals surface area contributed by atoms with Crippen molar-refractivity contribution in [3.05, 3.63) is 23.0 Å². The summed E-state index contributed by atoms with van der Waals surface area (Å²) in [5.74, 6) is 1.23. The van der Waals surface area contributed by atoms with Crippen LogP contribution in [0.3, 0.4) is 0 Å². The third-order valence-corrected chi connectivity index (χ3v) is 2.30. The molecule has 15 heavy (non-hydrogen) atoms. The highest BCUT2D eigenvalue weighted by atomic mass is 32.1. The van der Waals surface area contributed by atoms with Crippen LogP contribution in [0.2, 0.25) is 0 Å². The molecule has 2 rings (SSSR count). The van der Waals surface area contributed by atoms with Crippen LogP contribution < -0.4 is 9.47 Å². The summed E-state index contributed by atoms with van der Waals surface area (Å²) in [5, 5.41) is 0.852. The molecule has 0 aliphatic rings. The first-order valence-electron chi connectivity index (χ1n) is 4.37. The molecule has 0 unspecified atom stereocenters. The summed E-state index contributed by atoms with van der Waals surface area (Å²) in [5.41, 5.74) is 0.803. The molecule has 0 saturated carbocycles. The first kappa shape index (κ1) is 9.92. The highest BCUT2D eigenvalue weighted by molar-refractivity contribution is 7.71. The Labute approximate surface area is 91.9 Å². The highest BCUT2D eigenvalue weighted by Gasteiger charge is 2.07. The molecule has 1 N–H and O–H groups in total. The summed E-state index contributed by atoms with van der Waals surface area (Å²) in [6.07, 6.45) is 0. The van der Waals surface area contributed by atoms with Gasteiger partial charge in [0.2, 0.25) is 10.7 Å². The van der Waals surface area contributed by atoms with Gasteiger partial charge < -0.3 is 14.5 Å². The first-order valence-corrected chi connectivity index (χ1v) is 4.78. The maximum absolute atomic E-state index is 5.22. The van der Waals surface area contributed by atoms with Gasteiger partial charge in [0.05, 0.1) is 25.1 Å². The van der Waals surface area contributed by atoms with E-state index in [1.54, 1.807) is 14.2 Å². The summed E-state index contributed by atoms with van der Waals surface area (Å²) >= 11 is 5.00. The standard InChI is InChI=1S/C10H10N2O2S/c1-13-7-5-3-4-6-8(7)11-10(15)12-9(6)14-2/h3-5H,1-2H3,(H,11,12,15). The van der Waals surface area contributed by atoms with Crippen molar-refractivity contribution < 1.29 is 9.47 Å². The number of hydrogen-bond acceptors (Lipinski definition) is 4. The van der Waals surface area contributed by atoms with E-state index < -0.39 is 0 Å². The van der Waals surface area contributed by atoms with E-state index >= 15 is 0 Å². The second-order valence-corrected chi connectivity index (χ2v) is 3.32. The van der Waals surface area contributed by atoms with Gasteiger partial charge in [-0.15, -0.1) is 0 Å². The zero-order valence-electron chi connectivity index (χ0n) is 8.40. The van der Waals surface area contributed by atoms with Gasteiger partial charge in [-0.3, -0.25) is 0 Å². The Kier molecular flexibility index (Phi) is 2.55. The van der Waals surface area contributed by atoms with E-state index in [2.05, 4.69) is 9.97 Å². The molecule has 0 radical (unpaired) electrons. The van der Waals surface area contributed by atoms with E-state index in [9.17, 15) is 0 Å². The van der Waals surface area contributed by atoms with Crippen molar-refractivity contribution in [3.8, 4) is 11.6 Å². The highest BCUT2D eigenvalue weighted by Crippen LogP contribution is 2.28. The van der Waals surface area contributed by atoms with E-state index in [4.69, 9.17) is 21.7 Å². The van der Waals surface area contributed by atoms with Crippen LogP contribution in [0.25, 0.3) is 10.9 Å². The lowest BCUT2D eigenvalue weighted by Crippen LogP contribution is -1.94. The molecule has 0 aliphatic carbocycles. The largest absolute Gasteiger partial charge is 0.495 e. The number of nitrogens with zero attached hydrogens (tertiary/aromatic N) is 1. The average Bonchev–Trinajstić information content (AvgIpc) is 2.27. The van der Waals surface area contributed by atoms with Gasteiger partial charge >= 0.3 is 0 Å². The van der Waals surface area contributed by atoms with Crippen LogP contribution in [0.1, 0.15) is 0 Å². The summed E-state index contributed by atoms with van der Waals surface area (Å²) in [6.45, 7) is 0. The number of H-pyrrole nitrogens is 1. The summed E-state index contributed by atoms with van der Waals surface area (Å²) < 4.78 is 10.8. The fourth-order valence-electron chi connectivity index (χ4n) is 1.45. The zero-order chi connectivity index (χ0) is 10.8. The van der Waals surface area contributed by atoms with Crippen molar-refractivity contribution in [2.45, 2.75) is 0 Å². The predicted octanol–water partition coefficient (Wildman–Crippen LogP) is 2.31. The number of ether oxygens (including phenoxy) is 2. The van der Waals surface area contributed by atoms with Crippen LogP contribution in [0.4, 0.5) is 0 Å². The van der Waals surface area contributed by atoms with Gasteiger partial charge in [0, 0.05) is 0 Å². The summed E-state index contributed by atoms with van der Waals surface area (Å²) in [4.78, 5) is 7.06. The molecule has 0 atom stereocenters. The number of fused-ring (bicyclic) bond motifs is 1. The molecule has 78 valence electrons. The molecule has 1 aromatic carbocycles. The van der Waals surface area contributed by atoms with Gasteiger partial charge in [0.1, 0.15) is 5.75 Å². The molecule has 5 heteroatoms. The van der Waals surface area contributed by atoms with E-state index in [1.807, 2.05) is 18.2 Å². The molecule has 2 aromatic rings. The zero-order valence-corrected chi connectivity index (χ0v) is 9.22. The van der Waals surface area contributed by atoms with Crippen molar-refractivity contribution in [2.75, 3.05) is 14.2 Å². The predicted molar refractivity (Wildman–Crippen MR) is 60.0 cm³/mol. The summed E-state index contributed by atoms with van der Waals surface area (Å²) in [6, 6.07) is 5.63. The van der Waals surface area contributed by atoms with Gasteiger partial charge in [-0.05, 0) is 24.4 Å². The Morgan fingerprint density at radius 1 is 1.27 bits per heavy atom. The number of aromatic nitrogens is 2. The topological polar surface area (TPSA) is 47.1 Å². The fourth-order valence-corrected chi connectivity index (χ4v) is 1.64. The van der Waals surface area contributed by atoms with Crippen LogP contribution >= 0.6 is 12.2 Å². The Morgan fingerprint density at radius 3 is 2.73 bits per heavy atom. The average molecular weight is 222 g/mol. The number of nitrogens with one attached hydrogen (secondary N) is 1. The Hall–Kier alpha value is -1.62. The molecule has 4 nitrogen and oxygen atoms in total. The summed E-state index contributed by atoms with van der Waals surface area (Å²) in [7, 11) is 3.18. The number of aromatic amines is 1. The molecular weight excluding hydrogens is 212 g/mol. The maximum Gasteiger partial charge on any atom is 0.225 e. The van der Waals surface area contributed by atoms with E-state index in [0.29, 0.717) is 10.7 Å². The van der Waals surface area contributed by atoms with Gasteiger partial charge in [-0.25, -0.2) is 0 Å². The smallest absolute Gasteiger partial charge is 0.225 e. The van der Waals surface area contributed by atoms with Crippen molar-refractivity contribution in [3.63, 3.8) is 0 Å². The lowest BCUT2D eigenvalue weighted by molar-refractivity contribution is 0.400. The van der Waals surface area contributed by atoms with Crippen molar-refractivity contribution in [1.82, 2.24) is 9.97 Å². The second-order valence-electron chi connectivity index (χ2n) is 2.93. The third kappa shape index (κ3) is 1.66. The molecule has 0 bridgehead atoms. The number of hydrogen-bond donors (Lipinski definition) is 1. The molecule has 0 spiro atoms. The third-order valence-electron chi connectivity index (χ3n) is 2.10. The Morgan fingerprint density at radius 2 is 2.07 bits per heavy atom. The quantitative estimate of drug-likeness (QED) is 0.792. The molecule has 1 aromatic heterocycles. The van der Waals surface area contributed by atoms with Crippen LogP contribution in [0.15, 0.2) is 18.2 Å². The minimum atomic E-state index is 0.379. The number of methoxy groups -OCH3 is 2. The molecule has 0 amide bonds. The number of para-hydroxylation sites is 1. The van der Waals surface area contributed by atoms with Gasteiger partial charge in [0.15, 0.2) is 0 Å². The first-order chi connectivity index (χ1) is 7.26. The van der Waals surface area contributed by atoms with Crippen LogP contribution in [0.5, 0.6) is 11.6 Å². The molecule has 0 saturated heterocycles. The van der Waals surface area contributed by atoms with Gasteiger partial charge in [-0.2, -0.15) is 4.98 Å². The van der Waals surface area contributed by atoms with Crippen LogP contribution in [-0.4, -0.2) is 24.2 Å². The van der Waals surface area contributed by atoms with Gasteiger partial charge in [0.25, 0.3) is 0 Å². The van der Waals surface area contributed by atoms with Crippen LogP contribution in [-0.2, 0) is 0 Å². The normalized spacial score (nSPS) is 10.3. The Bertz CT molecular complexity index is 551. The number of benzene rings is 1. The molecule has 1 heterocycles. The molecule has 0 fully saturated rings. The lowest BCUT2D eigenvalue weighted by atomic mass is 10.2. The van der Waals surface area contributed by atoms with Crippen molar-refractivity contribution in [1.29, 1.82) is 0 Å². The fraction of sp³-hybridized carbons (Fsp3) is 0.200. The van der Waals surface area contributed by atoms with E-state index in [1.165, 1.54) is 0 Å². The minimum Gasteiger partial charge on any atom is -0.495 e. The number of rotatable bonds is 2. The Balaban J connectivity index is 2.88. The van der Waals surface area contributed by atoms with Crippen molar-refractivity contribution >= 4 is 23.1 Å². The van der Waals surface area contributed by atoms with Crippen molar-refractivity contribution in [2.24, 2.45) is 0 Å².